The average molecular weight is 281 g/mol. The van der Waals surface area contributed by atoms with Gasteiger partial charge in [-0.2, -0.15) is 0 Å². The van der Waals surface area contributed by atoms with Gasteiger partial charge in [-0.1, -0.05) is 15.9 Å². The third kappa shape index (κ3) is 1.78. The van der Waals surface area contributed by atoms with E-state index < -0.39 is 0 Å². The van der Waals surface area contributed by atoms with Gasteiger partial charge in [0.2, 0.25) is 0 Å². The van der Waals surface area contributed by atoms with E-state index in [0.29, 0.717) is 17.3 Å². The molecule has 2 aromatic rings. The molecule has 0 bridgehead atoms. The molecule has 1 heterocycles. The summed E-state index contributed by atoms with van der Waals surface area (Å²) in [6, 6.07) is 4.87. The van der Waals surface area contributed by atoms with Crippen molar-refractivity contribution in [3.8, 4) is 11.4 Å². The molecule has 1 fully saturated rings. The Hall–Kier alpha value is -1.16. The SMILES string of the molecule is Fc1ccc(Br)cc1-c1ncc(C2CC2)[nH]1. The van der Waals surface area contributed by atoms with Crippen molar-refractivity contribution in [1.82, 2.24) is 9.97 Å². The van der Waals surface area contributed by atoms with Crippen molar-refractivity contribution in [1.29, 1.82) is 0 Å². The monoisotopic (exact) mass is 280 g/mol. The molecule has 0 aliphatic heterocycles. The van der Waals surface area contributed by atoms with Crippen LogP contribution in [0.25, 0.3) is 11.4 Å². The molecule has 1 aliphatic rings. The zero-order chi connectivity index (χ0) is 11.1. The van der Waals surface area contributed by atoms with Gasteiger partial charge in [0.05, 0.1) is 5.56 Å². The number of benzene rings is 1. The van der Waals surface area contributed by atoms with Crippen LogP contribution in [-0.4, -0.2) is 9.97 Å². The van der Waals surface area contributed by atoms with Crippen LogP contribution < -0.4 is 0 Å². The molecular weight excluding hydrogens is 271 g/mol. The van der Waals surface area contributed by atoms with E-state index in [4.69, 9.17) is 0 Å². The fraction of sp³-hybridized carbons (Fsp3) is 0.250. The van der Waals surface area contributed by atoms with Crippen LogP contribution in [0.1, 0.15) is 24.5 Å². The van der Waals surface area contributed by atoms with Crippen molar-refractivity contribution >= 4 is 15.9 Å². The highest BCUT2D eigenvalue weighted by Crippen LogP contribution is 2.39. The Morgan fingerprint density at radius 1 is 1.38 bits per heavy atom. The van der Waals surface area contributed by atoms with Gasteiger partial charge in [-0.25, -0.2) is 9.37 Å². The fourth-order valence-corrected chi connectivity index (χ4v) is 2.11. The number of aromatic amines is 1. The lowest BCUT2D eigenvalue weighted by Gasteiger charge is -2.00. The second-order valence-corrected chi connectivity index (χ2v) is 5.00. The largest absolute Gasteiger partial charge is 0.342 e. The first-order valence-corrected chi connectivity index (χ1v) is 6.03. The lowest BCUT2D eigenvalue weighted by molar-refractivity contribution is 0.630. The van der Waals surface area contributed by atoms with Crippen LogP contribution in [0.15, 0.2) is 28.9 Å². The van der Waals surface area contributed by atoms with Gasteiger partial charge in [-0.3, -0.25) is 0 Å². The van der Waals surface area contributed by atoms with Gasteiger partial charge < -0.3 is 4.98 Å². The minimum atomic E-state index is -0.250. The predicted molar refractivity (Wildman–Crippen MR) is 63.7 cm³/mol. The van der Waals surface area contributed by atoms with Crippen molar-refractivity contribution in [2.24, 2.45) is 0 Å². The Kier molecular flexibility index (Phi) is 2.32. The molecule has 4 heteroatoms. The molecule has 1 N–H and O–H groups in total. The summed E-state index contributed by atoms with van der Waals surface area (Å²) in [5, 5.41) is 0. The van der Waals surface area contributed by atoms with Crippen molar-refractivity contribution in [3.63, 3.8) is 0 Å². The van der Waals surface area contributed by atoms with Gasteiger partial charge in [0, 0.05) is 22.3 Å². The van der Waals surface area contributed by atoms with E-state index >= 15 is 0 Å². The number of halogens is 2. The topological polar surface area (TPSA) is 28.7 Å². The average Bonchev–Trinajstić information content (AvgIpc) is 3.01. The van der Waals surface area contributed by atoms with Crippen molar-refractivity contribution in [3.05, 3.63) is 40.4 Å². The first-order chi connectivity index (χ1) is 7.74. The highest BCUT2D eigenvalue weighted by Gasteiger charge is 2.25. The summed E-state index contributed by atoms with van der Waals surface area (Å²) in [6.45, 7) is 0. The maximum Gasteiger partial charge on any atom is 0.140 e. The molecule has 82 valence electrons. The summed E-state index contributed by atoms with van der Waals surface area (Å²) in [6.07, 6.45) is 4.23. The van der Waals surface area contributed by atoms with Gasteiger partial charge in [0.25, 0.3) is 0 Å². The van der Waals surface area contributed by atoms with Crippen LogP contribution in [-0.2, 0) is 0 Å². The Labute approximate surface area is 101 Å². The summed E-state index contributed by atoms with van der Waals surface area (Å²) >= 11 is 3.33. The molecule has 0 amide bonds. The quantitative estimate of drug-likeness (QED) is 0.889. The van der Waals surface area contributed by atoms with Crippen LogP contribution in [0, 0.1) is 5.82 Å². The fourth-order valence-electron chi connectivity index (χ4n) is 1.75. The first kappa shape index (κ1) is 10.0. The van der Waals surface area contributed by atoms with Gasteiger partial charge in [-0.05, 0) is 31.0 Å². The molecule has 2 nitrogen and oxygen atoms in total. The summed E-state index contributed by atoms with van der Waals surface area (Å²) in [7, 11) is 0. The number of rotatable bonds is 2. The van der Waals surface area contributed by atoms with Crippen LogP contribution in [0.3, 0.4) is 0 Å². The van der Waals surface area contributed by atoms with E-state index in [1.165, 1.54) is 18.9 Å². The number of H-pyrrole nitrogens is 1. The van der Waals surface area contributed by atoms with Crippen LogP contribution >= 0.6 is 15.9 Å². The standard InChI is InChI=1S/C12H10BrFN2/c13-8-3-4-10(14)9(5-8)12-15-6-11(16-12)7-1-2-7/h3-7H,1-2H2,(H,15,16). The number of hydrogen-bond acceptors (Lipinski definition) is 1. The molecule has 1 saturated carbocycles. The summed E-state index contributed by atoms with van der Waals surface area (Å²) in [4.78, 5) is 7.42. The molecule has 0 spiro atoms. The normalized spacial score (nSPS) is 15.4. The van der Waals surface area contributed by atoms with Crippen molar-refractivity contribution in [2.45, 2.75) is 18.8 Å². The van der Waals surface area contributed by atoms with E-state index in [9.17, 15) is 4.39 Å². The number of aromatic nitrogens is 2. The van der Waals surface area contributed by atoms with E-state index in [1.807, 2.05) is 6.20 Å². The smallest absolute Gasteiger partial charge is 0.140 e. The van der Waals surface area contributed by atoms with Crippen LogP contribution in [0.5, 0.6) is 0 Å². The second kappa shape index (κ2) is 3.70. The first-order valence-electron chi connectivity index (χ1n) is 5.24. The lowest BCUT2D eigenvalue weighted by Crippen LogP contribution is -1.87. The number of hydrogen-bond donors (Lipinski definition) is 1. The third-order valence-corrected chi connectivity index (χ3v) is 3.29. The highest BCUT2D eigenvalue weighted by atomic mass is 79.9. The van der Waals surface area contributed by atoms with Gasteiger partial charge >= 0.3 is 0 Å². The minimum absolute atomic E-state index is 0.250. The molecule has 1 aromatic carbocycles. The molecular formula is C12H10BrFN2. The minimum Gasteiger partial charge on any atom is -0.342 e. The van der Waals surface area contributed by atoms with Crippen LogP contribution in [0.2, 0.25) is 0 Å². The van der Waals surface area contributed by atoms with Gasteiger partial charge in [0.1, 0.15) is 11.6 Å². The molecule has 0 unspecified atom stereocenters. The lowest BCUT2D eigenvalue weighted by atomic mass is 10.2. The molecule has 16 heavy (non-hydrogen) atoms. The zero-order valence-electron chi connectivity index (χ0n) is 8.50. The molecule has 1 aromatic heterocycles. The summed E-state index contributed by atoms with van der Waals surface area (Å²) in [5.41, 5.74) is 1.63. The third-order valence-electron chi connectivity index (χ3n) is 2.80. The van der Waals surface area contributed by atoms with E-state index in [1.54, 1.807) is 12.1 Å². The molecule has 0 saturated heterocycles. The van der Waals surface area contributed by atoms with Gasteiger partial charge in [-0.15, -0.1) is 0 Å². The molecule has 3 rings (SSSR count). The van der Waals surface area contributed by atoms with Crippen molar-refractivity contribution in [2.75, 3.05) is 0 Å². The Bertz CT molecular complexity index is 532. The second-order valence-electron chi connectivity index (χ2n) is 4.09. The van der Waals surface area contributed by atoms with Crippen molar-refractivity contribution < 1.29 is 4.39 Å². The van der Waals surface area contributed by atoms with E-state index in [-0.39, 0.29) is 5.82 Å². The Balaban J connectivity index is 2.03. The predicted octanol–water partition coefficient (Wildman–Crippen LogP) is 3.86. The number of nitrogens with one attached hydrogen (secondary N) is 1. The maximum atomic E-state index is 13.6. The molecule has 1 aliphatic carbocycles. The number of imidazole rings is 1. The highest BCUT2D eigenvalue weighted by molar-refractivity contribution is 9.10. The maximum absolute atomic E-state index is 13.6. The molecule has 0 radical (unpaired) electrons. The molecule has 0 atom stereocenters. The van der Waals surface area contributed by atoms with Crippen LogP contribution in [0.4, 0.5) is 4.39 Å². The Morgan fingerprint density at radius 2 is 2.19 bits per heavy atom. The van der Waals surface area contributed by atoms with E-state index in [2.05, 4.69) is 25.9 Å². The summed E-state index contributed by atoms with van der Waals surface area (Å²) < 4.78 is 14.5. The van der Waals surface area contributed by atoms with Gasteiger partial charge in [0.15, 0.2) is 0 Å². The Morgan fingerprint density at radius 3 is 2.94 bits per heavy atom. The summed E-state index contributed by atoms with van der Waals surface area (Å²) in [5.74, 6) is 0.970. The zero-order valence-corrected chi connectivity index (χ0v) is 10.1. The van der Waals surface area contributed by atoms with E-state index in [0.717, 1.165) is 10.2 Å². The number of nitrogens with zero attached hydrogens (tertiary/aromatic N) is 1.